The van der Waals surface area contributed by atoms with Gasteiger partial charge in [-0.25, -0.2) is 4.98 Å². The van der Waals surface area contributed by atoms with Gasteiger partial charge in [-0.2, -0.15) is 0 Å². The molecule has 112 valence electrons. The first-order valence-electron chi connectivity index (χ1n) is 7.24. The molecule has 1 aromatic heterocycles. The molecule has 2 heterocycles. The highest BCUT2D eigenvalue weighted by Crippen LogP contribution is 2.21. The van der Waals surface area contributed by atoms with Gasteiger partial charge >= 0.3 is 0 Å². The third-order valence-corrected chi connectivity index (χ3v) is 3.85. The van der Waals surface area contributed by atoms with Crippen LogP contribution in [0.3, 0.4) is 0 Å². The van der Waals surface area contributed by atoms with E-state index in [4.69, 9.17) is 0 Å². The predicted molar refractivity (Wildman–Crippen MR) is 83.4 cm³/mol. The zero-order valence-corrected chi connectivity index (χ0v) is 12.5. The molecule has 6 heteroatoms. The number of likely N-dealkylation sites (N-methyl/N-ethyl adjacent to an activating group) is 1. The minimum atomic E-state index is 0.212. The fourth-order valence-corrected chi connectivity index (χ4v) is 2.70. The van der Waals surface area contributed by atoms with Gasteiger partial charge in [-0.15, -0.1) is 0 Å². The molecule has 0 aliphatic carbocycles. The van der Waals surface area contributed by atoms with E-state index >= 15 is 0 Å². The number of benzene rings is 1. The number of rotatable bonds is 3. The predicted octanol–water partition coefficient (Wildman–Crippen LogP) is 0.773. The lowest BCUT2D eigenvalue weighted by molar-refractivity contribution is -0.132. The summed E-state index contributed by atoms with van der Waals surface area (Å²) < 4.78 is 0. The molecule has 1 aliphatic heterocycles. The van der Waals surface area contributed by atoms with Gasteiger partial charge in [0.25, 0.3) is 0 Å². The van der Waals surface area contributed by atoms with E-state index in [0.29, 0.717) is 6.54 Å². The summed E-state index contributed by atoms with van der Waals surface area (Å²) >= 11 is 0. The molecule has 2 aromatic rings. The molecule has 1 fully saturated rings. The minimum absolute atomic E-state index is 0.212. The number of nitrogens with zero attached hydrogens (tertiary/aromatic N) is 4. The number of fused-ring (bicyclic) bond motifs is 1. The molecule has 0 atom stereocenters. The lowest BCUT2D eigenvalue weighted by atomic mass is 10.2. The van der Waals surface area contributed by atoms with Crippen LogP contribution in [0.1, 0.15) is 0 Å². The van der Waals surface area contributed by atoms with Crippen molar-refractivity contribution in [3.8, 4) is 0 Å². The summed E-state index contributed by atoms with van der Waals surface area (Å²) in [4.78, 5) is 25.6. The molecule has 21 heavy (non-hydrogen) atoms. The second kappa shape index (κ2) is 5.73. The monoisotopic (exact) mass is 287 g/mol. The summed E-state index contributed by atoms with van der Waals surface area (Å²) in [5.74, 6) is 0.212. The van der Waals surface area contributed by atoms with Gasteiger partial charge in [0, 0.05) is 31.9 Å². The zero-order valence-electron chi connectivity index (χ0n) is 12.5. The van der Waals surface area contributed by atoms with Crippen molar-refractivity contribution >= 4 is 22.6 Å². The average molecular weight is 287 g/mol. The molecular formula is C15H21N5O. The van der Waals surface area contributed by atoms with Crippen LogP contribution >= 0.6 is 0 Å². The first-order valence-corrected chi connectivity index (χ1v) is 7.24. The third-order valence-electron chi connectivity index (χ3n) is 3.85. The number of anilines is 1. The molecule has 1 amide bonds. The molecule has 1 aliphatic rings. The van der Waals surface area contributed by atoms with Crippen LogP contribution in [0.2, 0.25) is 0 Å². The second-order valence-electron chi connectivity index (χ2n) is 5.71. The largest absolute Gasteiger partial charge is 0.368 e. The highest BCUT2D eigenvalue weighted by molar-refractivity contribution is 5.80. The first kappa shape index (κ1) is 13.9. The Hall–Kier alpha value is -2.08. The van der Waals surface area contributed by atoms with E-state index in [0.717, 1.165) is 37.2 Å². The fraction of sp³-hybridized carbons (Fsp3) is 0.467. The van der Waals surface area contributed by atoms with Crippen LogP contribution in [0.25, 0.3) is 11.0 Å². The number of nitrogens with one attached hydrogen (secondary N) is 1. The number of carbonyl (C=O) groups excluding carboxylic acids is 1. The van der Waals surface area contributed by atoms with Gasteiger partial charge in [-0.1, -0.05) is 0 Å². The van der Waals surface area contributed by atoms with E-state index in [1.165, 1.54) is 5.69 Å². The molecule has 1 aromatic carbocycles. The summed E-state index contributed by atoms with van der Waals surface area (Å²) in [7, 11) is 3.85. The van der Waals surface area contributed by atoms with Crippen LogP contribution in [0.5, 0.6) is 0 Å². The van der Waals surface area contributed by atoms with E-state index in [1.54, 1.807) is 6.33 Å². The molecule has 1 N–H and O–H groups in total. The number of piperazine rings is 1. The Balaban J connectivity index is 1.63. The molecule has 1 saturated heterocycles. The Labute approximate surface area is 124 Å². The Kier molecular flexibility index (Phi) is 3.79. The van der Waals surface area contributed by atoms with Gasteiger partial charge in [0.1, 0.15) is 0 Å². The maximum Gasteiger partial charge on any atom is 0.236 e. The van der Waals surface area contributed by atoms with Gasteiger partial charge < -0.3 is 19.7 Å². The van der Waals surface area contributed by atoms with Crippen LogP contribution in [0.15, 0.2) is 24.5 Å². The van der Waals surface area contributed by atoms with E-state index in [9.17, 15) is 4.79 Å². The highest BCUT2D eigenvalue weighted by Gasteiger charge is 2.21. The highest BCUT2D eigenvalue weighted by atomic mass is 16.2. The number of carbonyl (C=O) groups is 1. The molecule has 0 radical (unpaired) electrons. The van der Waals surface area contributed by atoms with Crippen molar-refractivity contribution in [1.82, 2.24) is 19.8 Å². The summed E-state index contributed by atoms with van der Waals surface area (Å²) in [5, 5.41) is 0. The smallest absolute Gasteiger partial charge is 0.236 e. The van der Waals surface area contributed by atoms with Crippen LogP contribution < -0.4 is 4.90 Å². The normalized spacial score (nSPS) is 16.0. The molecule has 6 nitrogen and oxygen atoms in total. The van der Waals surface area contributed by atoms with Crippen LogP contribution in [0.4, 0.5) is 5.69 Å². The van der Waals surface area contributed by atoms with Gasteiger partial charge in [0.15, 0.2) is 0 Å². The third kappa shape index (κ3) is 3.00. The van der Waals surface area contributed by atoms with Crippen molar-refractivity contribution in [2.75, 3.05) is 51.7 Å². The fourth-order valence-electron chi connectivity index (χ4n) is 2.70. The van der Waals surface area contributed by atoms with E-state index in [2.05, 4.69) is 27.0 Å². The van der Waals surface area contributed by atoms with Crippen LogP contribution in [-0.2, 0) is 4.79 Å². The number of imidazole rings is 1. The van der Waals surface area contributed by atoms with Crippen molar-refractivity contribution in [2.45, 2.75) is 0 Å². The van der Waals surface area contributed by atoms with E-state index in [1.807, 2.05) is 30.0 Å². The van der Waals surface area contributed by atoms with Crippen LogP contribution in [-0.4, -0.2) is 72.5 Å². The lowest BCUT2D eigenvalue weighted by Crippen LogP contribution is -2.50. The second-order valence-corrected chi connectivity index (χ2v) is 5.71. The van der Waals surface area contributed by atoms with Crippen molar-refractivity contribution in [3.05, 3.63) is 24.5 Å². The summed E-state index contributed by atoms with van der Waals surface area (Å²) in [6, 6.07) is 6.25. The molecule has 0 unspecified atom stereocenters. The SMILES string of the molecule is CN(C)CC(=O)N1CCN(c2ccc3nc[nH]c3c2)CC1. The Morgan fingerprint density at radius 1 is 1.29 bits per heavy atom. The lowest BCUT2D eigenvalue weighted by Gasteiger charge is -2.36. The Bertz CT molecular complexity index is 628. The average Bonchev–Trinajstić information content (AvgIpc) is 2.94. The quantitative estimate of drug-likeness (QED) is 0.906. The molecule has 0 saturated carbocycles. The van der Waals surface area contributed by atoms with Crippen molar-refractivity contribution < 1.29 is 4.79 Å². The molecule has 0 bridgehead atoms. The number of aromatic amines is 1. The number of hydrogen-bond donors (Lipinski definition) is 1. The van der Waals surface area contributed by atoms with Gasteiger partial charge in [-0.3, -0.25) is 4.79 Å². The van der Waals surface area contributed by atoms with E-state index in [-0.39, 0.29) is 5.91 Å². The standard InChI is InChI=1S/C15H21N5O/c1-18(2)10-15(21)20-7-5-19(6-8-20)12-3-4-13-14(9-12)17-11-16-13/h3-4,9,11H,5-8,10H2,1-2H3,(H,16,17). The van der Waals surface area contributed by atoms with Gasteiger partial charge in [0.2, 0.25) is 5.91 Å². The first-order chi connectivity index (χ1) is 10.1. The summed E-state index contributed by atoms with van der Waals surface area (Å²) in [6.07, 6.45) is 1.71. The topological polar surface area (TPSA) is 55.5 Å². The van der Waals surface area contributed by atoms with Crippen molar-refractivity contribution in [2.24, 2.45) is 0 Å². The maximum atomic E-state index is 12.0. The number of hydrogen-bond acceptors (Lipinski definition) is 4. The Morgan fingerprint density at radius 3 is 2.76 bits per heavy atom. The van der Waals surface area contributed by atoms with Crippen molar-refractivity contribution in [1.29, 1.82) is 0 Å². The molecule has 3 rings (SSSR count). The Morgan fingerprint density at radius 2 is 2.05 bits per heavy atom. The van der Waals surface area contributed by atoms with Crippen LogP contribution in [0, 0.1) is 0 Å². The van der Waals surface area contributed by atoms with Crippen molar-refractivity contribution in [3.63, 3.8) is 0 Å². The number of H-pyrrole nitrogens is 1. The number of aromatic nitrogens is 2. The zero-order chi connectivity index (χ0) is 14.8. The minimum Gasteiger partial charge on any atom is -0.368 e. The van der Waals surface area contributed by atoms with Gasteiger partial charge in [-0.05, 0) is 32.3 Å². The van der Waals surface area contributed by atoms with Gasteiger partial charge in [0.05, 0.1) is 23.9 Å². The summed E-state index contributed by atoms with van der Waals surface area (Å²) in [6.45, 7) is 3.80. The van der Waals surface area contributed by atoms with E-state index < -0.39 is 0 Å². The number of amides is 1. The maximum absolute atomic E-state index is 12.0. The molecule has 0 spiro atoms. The summed E-state index contributed by atoms with van der Waals surface area (Å²) in [5.41, 5.74) is 3.23. The molecular weight excluding hydrogens is 266 g/mol.